The Hall–Kier alpha value is -0.940. The van der Waals surface area contributed by atoms with E-state index in [2.05, 4.69) is 10.1 Å². The maximum atomic E-state index is 11.7. The van der Waals surface area contributed by atoms with E-state index in [0.717, 1.165) is 12.8 Å². The van der Waals surface area contributed by atoms with E-state index in [-0.39, 0.29) is 6.04 Å². The molecule has 3 nitrogen and oxygen atoms in total. The van der Waals surface area contributed by atoms with Crippen molar-refractivity contribution in [2.24, 2.45) is 0 Å². The standard InChI is InChI=1S/C9H16F3NO2/c1-3-5-7(4-2)13-8(14)15-6-9(10,11)12/h7H,3-6H2,1-2H3,(H,13,14). The van der Waals surface area contributed by atoms with Gasteiger partial charge in [-0.1, -0.05) is 20.3 Å². The number of hydrogen-bond donors (Lipinski definition) is 1. The number of hydrogen-bond acceptors (Lipinski definition) is 2. The molecule has 1 unspecified atom stereocenters. The molecule has 1 amide bonds. The Bertz CT molecular complexity index is 194. The smallest absolute Gasteiger partial charge is 0.422 e. The van der Waals surface area contributed by atoms with Gasteiger partial charge < -0.3 is 10.1 Å². The summed E-state index contributed by atoms with van der Waals surface area (Å²) >= 11 is 0. The highest BCUT2D eigenvalue weighted by Crippen LogP contribution is 2.14. The van der Waals surface area contributed by atoms with Crippen LogP contribution in [0.15, 0.2) is 0 Å². The Morgan fingerprint density at radius 2 is 2.00 bits per heavy atom. The van der Waals surface area contributed by atoms with Crippen molar-refractivity contribution >= 4 is 6.09 Å². The average molecular weight is 227 g/mol. The molecular formula is C9H16F3NO2. The van der Waals surface area contributed by atoms with Gasteiger partial charge in [-0.3, -0.25) is 0 Å². The van der Waals surface area contributed by atoms with Crippen LogP contribution in [-0.4, -0.2) is 24.9 Å². The molecule has 0 aromatic heterocycles. The van der Waals surface area contributed by atoms with Crippen LogP contribution in [0.25, 0.3) is 0 Å². The van der Waals surface area contributed by atoms with Crippen molar-refractivity contribution in [2.75, 3.05) is 6.61 Å². The number of halogens is 3. The molecule has 0 aliphatic heterocycles. The lowest BCUT2D eigenvalue weighted by Crippen LogP contribution is -2.36. The van der Waals surface area contributed by atoms with Crippen LogP contribution in [0.1, 0.15) is 33.1 Å². The topological polar surface area (TPSA) is 38.3 Å². The van der Waals surface area contributed by atoms with Crippen molar-refractivity contribution in [3.8, 4) is 0 Å². The highest BCUT2D eigenvalue weighted by Gasteiger charge is 2.29. The SMILES string of the molecule is CCCC(CC)NC(=O)OCC(F)(F)F. The van der Waals surface area contributed by atoms with Gasteiger partial charge in [0.2, 0.25) is 0 Å². The summed E-state index contributed by atoms with van der Waals surface area (Å²) in [6.45, 7) is 2.25. The van der Waals surface area contributed by atoms with Crippen LogP contribution in [0.5, 0.6) is 0 Å². The van der Waals surface area contributed by atoms with Gasteiger partial charge in [-0.25, -0.2) is 4.79 Å². The number of carbonyl (C=O) groups is 1. The zero-order chi connectivity index (χ0) is 11.9. The van der Waals surface area contributed by atoms with Gasteiger partial charge in [-0.05, 0) is 12.8 Å². The molecule has 0 bridgehead atoms. The molecule has 0 aliphatic rings. The van der Waals surface area contributed by atoms with E-state index in [1.165, 1.54) is 0 Å². The number of alkyl carbamates (subject to hydrolysis) is 1. The van der Waals surface area contributed by atoms with Gasteiger partial charge in [0.15, 0.2) is 6.61 Å². The molecule has 1 N–H and O–H groups in total. The van der Waals surface area contributed by atoms with Gasteiger partial charge in [0.05, 0.1) is 0 Å². The Kier molecular flexibility index (Phi) is 6.12. The largest absolute Gasteiger partial charge is 0.440 e. The fourth-order valence-corrected chi connectivity index (χ4v) is 1.08. The lowest BCUT2D eigenvalue weighted by atomic mass is 10.1. The number of amides is 1. The number of ether oxygens (including phenoxy) is 1. The molecule has 0 spiro atoms. The first-order valence-corrected chi connectivity index (χ1v) is 4.89. The molecule has 0 aromatic rings. The third kappa shape index (κ3) is 8.08. The third-order valence-corrected chi connectivity index (χ3v) is 1.82. The lowest BCUT2D eigenvalue weighted by Gasteiger charge is -2.16. The minimum atomic E-state index is -4.47. The molecule has 0 heterocycles. The molecule has 90 valence electrons. The maximum Gasteiger partial charge on any atom is 0.422 e. The number of nitrogens with one attached hydrogen (secondary N) is 1. The molecule has 0 rings (SSSR count). The van der Waals surface area contributed by atoms with Crippen molar-refractivity contribution < 1.29 is 22.7 Å². The minimum Gasteiger partial charge on any atom is -0.440 e. The summed E-state index contributed by atoms with van der Waals surface area (Å²) in [6, 6.07) is -0.115. The summed E-state index contributed by atoms with van der Waals surface area (Å²) in [5.41, 5.74) is 0. The van der Waals surface area contributed by atoms with Crippen molar-refractivity contribution in [3.63, 3.8) is 0 Å². The molecule has 1 atom stereocenters. The van der Waals surface area contributed by atoms with Crippen LogP contribution in [-0.2, 0) is 4.74 Å². The van der Waals surface area contributed by atoms with Crippen LogP contribution >= 0.6 is 0 Å². The highest BCUT2D eigenvalue weighted by molar-refractivity contribution is 5.67. The highest BCUT2D eigenvalue weighted by atomic mass is 19.4. The van der Waals surface area contributed by atoms with Crippen LogP contribution < -0.4 is 5.32 Å². The van der Waals surface area contributed by atoms with Gasteiger partial charge in [0.25, 0.3) is 0 Å². The molecule has 0 aromatic carbocycles. The summed E-state index contributed by atoms with van der Waals surface area (Å²) < 4.78 is 39.0. The van der Waals surface area contributed by atoms with E-state index < -0.39 is 18.9 Å². The van der Waals surface area contributed by atoms with Gasteiger partial charge in [-0.2, -0.15) is 13.2 Å². The van der Waals surface area contributed by atoms with E-state index in [1.54, 1.807) is 0 Å². The first-order valence-electron chi connectivity index (χ1n) is 4.89. The zero-order valence-electron chi connectivity index (χ0n) is 8.86. The average Bonchev–Trinajstić information content (AvgIpc) is 2.13. The summed E-state index contributed by atoms with van der Waals surface area (Å²) in [7, 11) is 0. The predicted octanol–water partition coefficient (Wildman–Crippen LogP) is 2.85. The second-order valence-corrected chi connectivity index (χ2v) is 3.23. The normalized spacial score (nSPS) is 13.4. The van der Waals surface area contributed by atoms with E-state index in [4.69, 9.17) is 0 Å². The summed E-state index contributed by atoms with van der Waals surface area (Å²) in [5.74, 6) is 0. The lowest BCUT2D eigenvalue weighted by molar-refractivity contribution is -0.160. The minimum absolute atomic E-state index is 0.115. The summed E-state index contributed by atoms with van der Waals surface area (Å²) in [5, 5.41) is 2.38. The molecule has 0 aliphatic carbocycles. The summed E-state index contributed by atoms with van der Waals surface area (Å²) in [4.78, 5) is 10.9. The molecule has 0 saturated carbocycles. The third-order valence-electron chi connectivity index (χ3n) is 1.82. The molecule has 0 fully saturated rings. The van der Waals surface area contributed by atoms with Gasteiger partial charge >= 0.3 is 12.3 Å². The van der Waals surface area contributed by atoms with Gasteiger partial charge in [0.1, 0.15) is 0 Å². The molecular weight excluding hydrogens is 211 g/mol. The van der Waals surface area contributed by atoms with Crippen molar-refractivity contribution in [1.82, 2.24) is 5.32 Å². The maximum absolute atomic E-state index is 11.7. The first kappa shape index (κ1) is 14.1. The van der Waals surface area contributed by atoms with Crippen LogP contribution in [0.3, 0.4) is 0 Å². The Morgan fingerprint density at radius 1 is 1.40 bits per heavy atom. The van der Waals surface area contributed by atoms with E-state index >= 15 is 0 Å². The second-order valence-electron chi connectivity index (χ2n) is 3.23. The van der Waals surface area contributed by atoms with Crippen LogP contribution in [0.4, 0.5) is 18.0 Å². The quantitative estimate of drug-likeness (QED) is 0.784. The fourth-order valence-electron chi connectivity index (χ4n) is 1.08. The van der Waals surface area contributed by atoms with E-state index in [0.29, 0.717) is 6.42 Å². The molecule has 0 saturated heterocycles. The predicted molar refractivity (Wildman–Crippen MR) is 49.5 cm³/mol. The fraction of sp³-hybridized carbons (Fsp3) is 0.889. The number of alkyl halides is 3. The van der Waals surface area contributed by atoms with E-state index in [9.17, 15) is 18.0 Å². The Labute approximate surface area is 87.0 Å². The number of rotatable bonds is 5. The van der Waals surface area contributed by atoms with Gasteiger partial charge in [0, 0.05) is 6.04 Å². The monoisotopic (exact) mass is 227 g/mol. The molecule has 0 radical (unpaired) electrons. The Morgan fingerprint density at radius 3 is 2.40 bits per heavy atom. The van der Waals surface area contributed by atoms with Crippen molar-refractivity contribution in [1.29, 1.82) is 0 Å². The van der Waals surface area contributed by atoms with Crippen molar-refractivity contribution in [2.45, 2.75) is 45.3 Å². The van der Waals surface area contributed by atoms with Crippen LogP contribution in [0.2, 0.25) is 0 Å². The summed E-state index contributed by atoms with van der Waals surface area (Å²) in [6.07, 6.45) is -3.21. The van der Waals surface area contributed by atoms with Crippen LogP contribution in [0, 0.1) is 0 Å². The van der Waals surface area contributed by atoms with Gasteiger partial charge in [-0.15, -0.1) is 0 Å². The Balaban J connectivity index is 3.81. The van der Waals surface area contributed by atoms with Crippen molar-refractivity contribution in [3.05, 3.63) is 0 Å². The zero-order valence-corrected chi connectivity index (χ0v) is 8.86. The molecule has 15 heavy (non-hydrogen) atoms. The molecule has 6 heteroatoms. The van der Waals surface area contributed by atoms with E-state index in [1.807, 2.05) is 13.8 Å². The number of carbonyl (C=O) groups excluding carboxylic acids is 1. The second kappa shape index (κ2) is 6.53. The first-order chi connectivity index (χ1) is 6.89.